The van der Waals surface area contributed by atoms with Gasteiger partial charge in [0, 0.05) is 37.9 Å². The summed E-state index contributed by atoms with van der Waals surface area (Å²) in [5, 5.41) is 0. The van der Waals surface area contributed by atoms with E-state index in [1.807, 2.05) is 23.1 Å². The largest absolute Gasteiger partial charge is 0.493 e. The lowest BCUT2D eigenvalue weighted by molar-refractivity contribution is -0.130. The van der Waals surface area contributed by atoms with E-state index >= 15 is 0 Å². The highest BCUT2D eigenvalue weighted by Gasteiger charge is 2.22. The van der Waals surface area contributed by atoms with Gasteiger partial charge in [-0.3, -0.25) is 4.79 Å². The molecule has 0 N–H and O–H groups in total. The summed E-state index contributed by atoms with van der Waals surface area (Å²) in [6, 6.07) is 12.0. The summed E-state index contributed by atoms with van der Waals surface area (Å²) >= 11 is 0. The van der Waals surface area contributed by atoms with Crippen LogP contribution in [0.15, 0.2) is 42.5 Å². The van der Waals surface area contributed by atoms with Crippen LogP contribution >= 0.6 is 0 Å². The van der Waals surface area contributed by atoms with Gasteiger partial charge in [-0.05, 0) is 29.8 Å². The molecule has 5 nitrogen and oxygen atoms in total. The fraction of sp³-hybridized carbons (Fsp3) is 0.350. The molecule has 26 heavy (non-hydrogen) atoms. The van der Waals surface area contributed by atoms with Gasteiger partial charge in [-0.2, -0.15) is 0 Å². The minimum Gasteiger partial charge on any atom is -0.493 e. The van der Waals surface area contributed by atoms with Crippen LogP contribution in [0.2, 0.25) is 0 Å². The van der Waals surface area contributed by atoms with E-state index < -0.39 is 0 Å². The van der Waals surface area contributed by atoms with Crippen LogP contribution < -0.4 is 14.4 Å². The molecule has 0 radical (unpaired) electrons. The molecule has 1 aliphatic heterocycles. The van der Waals surface area contributed by atoms with Crippen LogP contribution in [0.25, 0.3) is 0 Å². The van der Waals surface area contributed by atoms with Gasteiger partial charge in [-0.1, -0.05) is 12.1 Å². The maximum Gasteiger partial charge on any atom is 0.227 e. The van der Waals surface area contributed by atoms with E-state index in [9.17, 15) is 9.18 Å². The smallest absolute Gasteiger partial charge is 0.227 e. The van der Waals surface area contributed by atoms with Gasteiger partial charge in [0.1, 0.15) is 5.82 Å². The lowest BCUT2D eigenvalue weighted by Gasteiger charge is -2.36. The standard InChI is InChI=1S/C20H23FN2O3/c1-25-18-7-6-17(14-19(18)26-2)22-8-10-23(11-9-22)20(24)13-15-4-3-5-16(21)12-15/h3-7,12,14H,8-11,13H2,1-2H3. The monoisotopic (exact) mass is 358 g/mol. The van der Waals surface area contributed by atoms with Gasteiger partial charge in [0.15, 0.2) is 11.5 Å². The van der Waals surface area contributed by atoms with Crippen LogP contribution in [-0.4, -0.2) is 51.2 Å². The van der Waals surface area contributed by atoms with Crippen molar-refractivity contribution in [1.29, 1.82) is 0 Å². The molecule has 1 aliphatic rings. The number of methoxy groups -OCH3 is 2. The normalized spacial score (nSPS) is 14.3. The number of anilines is 1. The van der Waals surface area contributed by atoms with Gasteiger partial charge in [0.25, 0.3) is 0 Å². The number of benzene rings is 2. The summed E-state index contributed by atoms with van der Waals surface area (Å²) in [7, 11) is 3.23. The molecule has 0 spiro atoms. The summed E-state index contributed by atoms with van der Waals surface area (Å²) in [5.74, 6) is 1.10. The molecule has 1 heterocycles. The molecule has 1 fully saturated rings. The fourth-order valence-electron chi connectivity index (χ4n) is 3.17. The average molecular weight is 358 g/mol. The zero-order chi connectivity index (χ0) is 18.5. The Bertz CT molecular complexity index is 773. The van der Waals surface area contributed by atoms with Gasteiger partial charge in [-0.15, -0.1) is 0 Å². The van der Waals surface area contributed by atoms with E-state index in [1.54, 1.807) is 26.4 Å². The van der Waals surface area contributed by atoms with Crippen molar-refractivity contribution in [2.24, 2.45) is 0 Å². The lowest BCUT2D eigenvalue weighted by Crippen LogP contribution is -2.49. The lowest BCUT2D eigenvalue weighted by atomic mass is 10.1. The number of carbonyl (C=O) groups is 1. The third-order valence-electron chi connectivity index (χ3n) is 4.61. The van der Waals surface area contributed by atoms with Crippen molar-refractivity contribution in [2.75, 3.05) is 45.3 Å². The predicted octanol–water partition coefficient (Wildman–Crippen LogP) is 2.73. The van der Waals surface area contributed by atoms with Crippen LogP contribution in [0.5, 0.6) is 11.5 Å². The molecule has 0 unspecified atom stereocenters. The molecule has 1 amide bonds. The molecule has 0 atom stereocenters. The molecular weight excluding hydrogens is 335 g/mol. The number of rotatable bonds is 5. The van der Waals surface area contributed by atoms with Crippen molar-refractivity contribution in [2.45, 2.75) is 6.42 Å². The molecule has 2 aromatic carbocycles. The number of halogens is 1. The van der Waals surface area contributed by atoms with E-state index in [0.29, 0.717) is 30.2 Å². The number of hydrogen-bond donors (Lipinski definition) is 0. The zero-order valence-electron chi connectivity index (χ0n) is 15.1. The maximum absolute atomic E-state index is 13.3. The first-order valence-corrected chi connectivity index (χ1v) is 8.60. The number of hydrogen-bond acceptors (Lipinski definition) is 4. The topological polar surface area (TPSA) is 42.0 Å². The first-order chi connectivity index (χ1) is 12.6. The number of piperazine rings is 1. The maximum atomic E-state index is 13.3. The second-order valence-corrected chi connectivity index (χ2v) is 6.21. The number of carbonyl (C=O) groups excluding carboxylic acids is 1. The highest BCUT2D eigenvalue weighted by Crippen LogP contribution is 2.31. The Labute approximate surface area is 152 Å². The fourth-order valence-corrected chi connectivity index (χ4v) is 3.17. The summed E-state index contributed by atoms with van der Waals surface area (Å²) in [6.07, 6.45) is 0.230. The van der Waals surface area contributed by atoms with Crippen LogP contribution in [0.1, 0.15) is 5.56 Å². The molecule has 1 saturated heterocycles. The minimum absolute atomic E-state index is 0.0301. The minimum atomic E-state index is -0.312. The predicted molar refractivity (Wildman–Crippen MR) is 98.4 cm³/mol. The van der Waals surface area contributed by atoms with Crippen molar-refractivity contribution in [3.05, 3.63) is 53.8 Å². The van der Waals surface area contributed by atoms with Crippen molar-refractivity contribution < 1.29 is 18.7 Å². The van der Waals surface area contributed by atoms with Crippen molar-refractivity contribution in [3.8, 4) is 11.5 Å². The third-order valence-corrected chi connectivity index (χ3v) is 4.61. The van der Waals surface area contributed by atoms with Crippen LogP contribution in [0.3, 0.4) is 0 Å². The summed E-state index contributed by atoms with van der Waals surface area (Å²) in [6.45, 7) is 2.76. The van der Waals surface area contributed by atoms with Gasteiger partial charge >= 0.3 is 0 Å². The molecule has 0 aromatic heterocycles. The second-order valence-electron chi connectivity index (χ2n) is 6.21. The highest BCUT2D eigenvalue weighted by atomic mass is 19.1. The Hall–Kier alpha value is -2.76. The Morgan fingerprint density at radius 3 is 2.38 bits per heavy atom. The van der Waals surface area contributed by atoms with Crippen molar-refractivity contribution in [1.82, 2.24) is 4.90 Å². The number of nitrogens with zero attached hydrogens (tertiary/aromatic N) is 2. The molecule has 0 aliphatic carbocycles. The molecule has 0 saturated carbocycles. The highest BCUT2D eigenvalue weighted by molar-refractivity contribution is 5.79. The average Bonchev–Trinajstić information content (AvgIpc) is 2.67. The van der Waals surface area contributed by atoms with E-state index in [1.165, 1.54) is 12.1 Å². The second kappa shape index (κ2) is 8.08. The Kier molecular flexibility index (Phi) is 5.61. The van der Waals surface area contributed by atoms with E-state index in [4.69, 9.17) is 9.47 Å². The molecule has 2 aromatic rings. The zero-order valence-corrected chi connectivity index (χ0v) is 15.1. The summed E-state index contributed by atoms with van der Waals surface area (Å²) in [4.78, 5) is 16.5. The quantitative estimate of drug-likeness (QED) is 0.824. The van der Waals surface area contributed by atoms with Crippen LogP contribution in [0.4, 0.5) is 10.1 Å². The SMILES string of the molecule is COc1ccc(N2CCN(C(=O)Cc3cccc(F)c3)CC2)cc1OC. The van der Waals surface area contributed by atoms with Crippen molar-refractivity contribution >= 4 is 11.6 Å². The third kappa shape index (κ3) is 4.07. The van der Waals surface area contributed by atoms with Gasteiger partial charge in [0.2, 0.25) is 5.91 Å². The number of amides is 1. The molecule has 6 heteroatoms. The Balaban J connectivity index is 1.59. The Morgan fingerprint density at radius 1 is 1.00 bits per heavy atom. The summed E-state index contributed by atoms with van der Waals surface area (Å²) < 4.78 is 23.9. The van der Waals surface area contributed by atoms with Gasteiger partial charge in [0.05, 0.1) is 20.6 Å². The molecule has 138 valence electrons. The van der Waals surface area contributed by atoms with E-state index in [2.05, 4.69) is 4.90 Å². The van der Waals surface area contributed by atoms with Crippen LogP contribution in [0, 0.1) is 5.82 Å². The Morgan fingerprint density at radius 2 is 1.73 bits per heavy atom. The van der Waals surface area contributed by atoms with Crippen LogP contribution in [-0.2, 0) is 11.2 Å². The summed E-state index contributed by atoms with van der Waals surface area (Å²) in [5.41, 5.74) is 1.75. The van der Waals surface area contributed by atoms with Gasteiger partial charge < -0.3 is 19.3 Å². The first-order valence-electron chi connectivity index (χ1n) is 8.60. The first kappa shape index (κ1) is 18.0. The van der Waals surface area contributed by atoms with Gasteiger partial charge in [-0.25, -0.2) is 4.39 Å². The van der Waals surface area contributed by atoms with Crippen molar-refractivity contribution in [3.63, 3.8) is 0 Å². The number of ether oxygens (including phenoxy) is 2. The molecule has 3 rings (SSSR count). The van der Waals surface area contributed by atoms with E-state index in [0.717, 1.165) is 18.8 Å². The van der Waals surface area contributed by atoms with E-state index in [-0.39, 0.29) is 18.1 Å². The molecule has 0 bridgehead atoms. The molecular formula is C20H23FN2O3.